The zero-order valence-electron chi connectivity index (χ0n) is 11.6. The van der Waals surface area contributed by atoms with Crippen LogP contribution in [0.5, 0.6) is 0 Å². The average Bonchev–Trinajstić information content (AvgIpc) is 3.05. The van der Waals surface area contributed by atoms with Crippen LogP contribution in [-0.2, 0) is 7.05 Å². The molecular formula is C15H16FN3O2. The monoisotopic (exact) mass is 289 g/mol. The van der Waals surface area contributed by atoms with E-state index in [4.69, 9.17) is 0 Å². The molecule has 1 fully saturated rings. The van der Waals surface area contributed by atoms with E-state index in [-0.39, 0.29) is 24.3 Å². The molecule has 3 rings (SSSR count). The van der Waals surface area contributed by atoms with Gasteiger partial charge in [0.1, 0.15) is 11.5 Å². The minimum absolute atomic E-state index is 0.180. The molecular weight excluding hydrogens is 273 g/mol. The van der Waals surface area contributed by atoms with Gasteiger partial charge in [0.25, 0.3) is 5.91 Å². The van der Waals surface area contributed by atoms with Crippen molar-refractivity contribution in [2.75, 3.05) is 6.54 Å². The molecule has 0 aliphatic carbocycles. The number of aryl methyl sites for hydroxylation is 1. The molecule has 1 aliphatic heterocycles. The molecule has 21 heavy (non-hydrogen) atoms. The highest BCUT2D eigenvalue weighted by Gasteiger charge is 2.36. The topological polar surface area (TPSA) is 58.4 Å². The van der Waals surface area contributed by atoms with Crippen LogP contribution in [0.3, 0.4) is 0 Å². The number of carbonyl (C=O) groups is 1. The Labute approximate surface area is 121 Å². The Balaban J connectivity index is 1.91. The lowest BCUT2D eigenvalue weighted by molar-refractivity contribution is 0.0704. The largest absolute Gasteiger partial charge is 0.391 e. The quantitative estimate of drug-likeness (QED) is 0.911. The van der Waals surface area contributed by atoms with E-state index in [1.54, 1.807) is 36.3 Å². The lowest BCUT2D eigenvalue weighted by atomic mass is 10.0. The van der Waals surface area contributed by atoms with Crippen molar-refractivity contribution in [3.63, 3.8) is 0 Å². The second-order valence-electron chi connectivity index (χ2n) is 5.25. The Bertz CT molecular complexity index is 653. The van der Waals surface area contributed by atoms with Crippen LogP contribution < -0.4 is 0 Å². The van der Waals surface area contributed by atoms with Gasteiger partial charge in [0, 0.05) is 19.8 Å². The summed E-state index contributed by atoms with van der Waals surface area (Å²) in [6, 6.07) is 7.44. The number of hydrogen-bond donors (Lipinski definition) is 1. The molecule has 0 saturated carbocycles. The molecule has 5 nitrogen and oxygen atoms in total. The van der Waals surface area contributed by atoms with E-state index < -0.39 is 6.10 Å². The maximum Gasteiger partial charge on any atom is 0.272 e. The number of likely N-dealkylation sites (tertiary alicyclic amines) is 1. The average molecular weight is 289 g/mol. The molecule has 1 aliphatic rings. The zero-order valence-corrected chi connectivity index (χ0v) is 11.6. The van der Waals surface area contributed by atoms with Crippen molar-refractivity contribution in [2.24, 2.45) is 7.05 Å². The number of β-amino-alcohol motifs (C(OH)–C–C–N with tert-alkyl or cyclic N) is 1. The van der Waals surface area contributed by atoms with Crippen LogP contribution in [0, 0.1) is 5.82 Å². The van der Waals surface area contributed by atoms with E-state index in [0.717, 1.165) is 5.56 Å². The second-order valence-corrected chi connectivity index (χ2v) is 5.25. The van der Waals surface area contributed by atoms with Gasteiger partial charge in [-0.2, -0.15) is 5.10 Å². The number of nitrogens with zero attached hydrogens (tertiary/aromatic N) is 3. The van der Waals surface area contributed by atoms with Gasteiger partial charge in [-0.25, -0.2) is 4.39 Å². The van der Waals surface area contributed by atoms with Gasteiger partial charge in [0.05, 0.1) is 12.1 Å². The smallest absolute Gasteiger partial charge is 0.272 e. The lowest BCUT2D eigenvalue weighted by Crippen LogP contribution is -2.33. The van der Waals surface area contributed by atoms with Gasteiger partial charge in [0.2, 0.25) is 0 Å². The van der Waals surface area contributed by atoms with Gasteiger partial charge in [0.15, 0.2) is 0 Å². The minimum Gasteiger partial charge on any atom is -0.391 e. The molecule has 2 aromatic rings. The first-order valence-corrected chi connectivity index (χ1v) is 6.79. The Kier molecular flexibility index (Phi) is 3.47. The Hall–Kier alpha value is -2.21. The van der Waals surface area contributed by atoms with Gasteiger partial charge in [-0.05, 0) is 30.2 Å². The number of aliphatic hydroxyl groups is 1. The van der Waals surface area contributed by atoms with Crippen LogP contribution in [0.4, 0.5) is 4.39 Å². The van der Waals surface area contributed by atoms with Gasteiger partial charge in [-0.15, -0.1) is 0 Å². The van der Waals surface area contributed by atoms with E-state index >= 15 is 0 Å². The summed E-state index contributed by atoms with van der Waals surface area (Å²) in [5.74, 6) is -0.498. The molecule has 1 N–H and O–H groups in total. The SMILES string of the molecule is Cn1nccc1C(=O)N1C[C@@H](O)C[C@H]1c1ccc(F)cc1. The third-order valence-electron chi connectivity index (χ3n) is 3.83. The molecule has 1 aromatic carbocycles. The summed E-state index contributed by atoms with van der Waals surface area (Å²) >= 11 is 0. The van der Waals surface area contributed by atoms with Crippen LogP contribution in [0.2, 0.25) is 0 Å². The summed E-state index contributed by atoms with van der Waals surface area (Å²) in [4.78, 5) is 14.2. The van der Waals surface area contributed by atoms with Crippen molar-refractivity contribution in [1.82, 2.24) is 14.7 Å². The molecule has 2 atom stereocenters. The summed E-state index contributed by atoms with van der Waals surface area (Å²) < 4.78 is 14.5. The van der Waals surface area contributed by atoms with Crippen LogP contribution in [0.25, 0.3) is 0 Å². The van der Waals surface area contributed by atoms with Crippen molar-refractivity contribution < 1.29 is 14.3 Å². The summed E-state index contributed by atoms with van der Waals surface area (Å²) in [6.45, 7) is 0.270. The Morgan fingerprint density at radius 2 is 2.05 bits per heavy atom. The third kappa shape index (κ3) is 2.54. The third-order valence-corrected chi connectivity index (χ3v) is 3.83. The van der Waals surface area contributed by atoms with E-state index in [9.17, 15) is 14.3 Å². The van der Waals surface area contributed by atoms with Crippen LogP contribution in [-0.4, -0.2) is 38.3 Å². The van der Waals surface area contributed by atoms with E-state index in [2.05, 4.69) is 5.10 Å². The molecule has 6 heteroatoms. The van der Waals surface area contributed by atoms with Crippen molar-refractivity contribution in [2.45, 2.75) is 18.6 Å². The second kappa shape index (κ2) is 5.29. The number of carbonyl (C=O) groups excluding carboxylic acids is 1. The maximum absolute atomic E-state index is 13.0. The van der Waals surface area contributed by atoms with Crippen molar-refractivity contribution in [3.05, 3.63) is 53.6 Å². The Morgan fingerprint density at radius 1 is 1.33 bits per heavy atom. The molecule has 0 bridgehead atoms. The molecule has 2 heterocycles. The van der Waals surface area contributed by atoms with Crippen molar-refractivity contribution in [3.8, 4) is 0 Å². The molecule has 110 valence electrons. The summed E-state index contributed by atoms with van der Waals surface area (Å²) in [7, 11) is 1.70. The highest BCUT2D eigenvalue weighted by atomic mass is 19.1. The van der Waals surface area contributed by atoms with E-state index in [0.29, 0.717) is 12.1 Å². The van der Waals surface area contributed by atoms with Gasteiger partial charge in [-0.1, -0.05) is 12.1 Å². The number of halogens is 1. The standard InChI is InChI=1S/C15H16FN3O2/c1-18-13(6-7-17-18)15(21)19-9-12(20)8-14(19)10-2-4-11(16)5-3-10/h2-7,12,14,20H,8-9H2,1H3/t12-,14-/m0/s1. The number of aliphatic hydroxyl groups excluding tert-OH is 1. The first kappa shape index (κ1) is 13.8. The van der Waals surface area contributed by atoms with E-state index in [1.807, 2.05) is 0 Å². The van der Waals surface area contributed by atoms with Crippen molar-refractivity contribution in [1.29, 1.82) is 0 Å². The van der Waals surface area contributed by atoms with Gasteiger partial charge < -0.3 is 10.0 Å². The fourth-order valence-electron chi connectivity index (χ4n) is 2.77. The Morgan fingerprint density at radius 3 is 2.67 bits per heavy atom. The van der Waals surface area contributed by atoms with Gasteiger partial charge in [-0.3, -0.25) is 9.48 Å². The van der Waals surface area contributed by atoms with Crippen LogP contribution >= 0.6 is 0 Å². The fourth-order valence-corrected chi connectivity index (χ4v) is 2.77. The molecule has 1 saturated heterocycles. The normalized spacial score (nSPS) is 21.8. The molecule has 0 radical (unpaired) electrons. The number of rotatable bonds is 2. The maximum atomic E-state index is 13.0. The first-order chi connectivity index (χ1) is 10.1. The molecule has 0 spiro atoms. The summed E-state index contributed by atoms with van der Waals surface area (Å²) in [6.07, 6.45) is 1.44. The van der Waals surface area contributed by atoms with Crippen molar-refractivity contribution >= 4 is 5.91 Å². The minimum atomic E-state index is -0.572. The van der Waals surface area contributed by atoms with Crippen LogP contribution in [0.15, 0.2) is 36.5 Å². The molecule has 0 unspecified atom stereocenters. The highest BCUT2D eigenvalue weighted by Crippen LogP contribution is 2.33. The number of benzene rings is 1. The number of amides is 1. The van der Waals surface area contributed by atoms with Gasteiger partial charge >= 0.3 is 0 Å². The highest BCUT2D eigenvalue weighted by molar-refractivity contribution is 5.93. The lowest BCUT2D eigenvalue weighted by Gasteiger charge is -2.24. The van der Waals surface area contributed by atoms with E-state index in [1.165, 1.54) is 16.8 Å². The predicted molar refractivity (Wildman–Crippen MR) is 74.0 cm³/mol. The summed E-state index contributed by atoms with van der Waals surface area (Å²) in [5, 5.41) is 13.9. The number of aromatic nitrogens is 2. The van der Waals surface area contributed by atoms with Crippen LogP contribution in [0.1, 0.15) is 28.5 Å². The summed E-state index contributed by atoms with van der Waals surface area (Å²) in [5.41, 5.74) is 1.29. The molecule has 1 amide bonds. The number of hydrogen-bond acceptors (Lipinski definition) is 3. The first-order valence-electron chi connectivity index (χ1n) is 6.79. The predicted octanol–water partition coefficient (Wildman–Crippen LogP) is 1.51. The zero-order chi connectivity index (χ0) is 15.0. The molecule has 1 aromatic heterocycles. The fraction of sp³-hybridized carbons (Fsp3) is 0.333.